The molecular weight excluding hydrogens is 505 g/mol. The summed E-state index contributed by atoms with van der Waals surface area (Å²) in [6, 6.07) is 27.9. The van der Waals surface area contributed by atoms with E-state index in [0.29, 0.717) is 11.4 Å². The summed E-state index contributed by atoms with van der Waals surface area (Å²) in [5, 5.41) is 0. The van der Waals surface area contributed by atoms with Crippen molar-refractivity contribution >= 4 is 32.6 Å². The van der Waals surface area contributed by atoms with Crippen molar-refractivity contribution < 1.29 is 8.42 Å². The van der Waals surface area contributed by atoms with Crippen molar-refractivity contribution in [1.29, 1.82) is 0 Å². The fraction of sp³-hybridized carbons (Fsp3) is 0.280. The molecule has 30 heavy (non-hydrogen) atoms. The first-order valence-electron chi connectivity index (χ1n) is 10.1. The summed E-state index contributed by atoms with van der Waals surface area (Å²) in [6.45, 7) is 4.48. The van der Waals surface area contributed by atoms with E-state index in [0.717, 1.165) is 27.5 Å². The fourth-order valence-electron chi connectivity index (χ4n) is 4.62. The van der Waals surface area contributed by atoms with Crippen LogP contribution in [0.2, 0.25) is 0 Å². The molecule has 3 aromatic carbocycles. The fourth-order valence-corrected chi connectivity index (χ4v) is 7.37. The first kappa shape index (κ1) is 21.5. The molecule has 156 valence electrons. The van der Waals surface area contributed by atoms with Crippen LogP contribution in [0.15, 0.2) is 89.8 Å². The van der Waals surface area contributed by atoms with Crippen molar-refractivity contribution in [2.24, 2.45) is 0 Å². The molecule has 1 aliphatic rings. The standard InChI is InChI=1S/C25H26INO2S/c1-20-13-15-23(16-14-20)30(28,29)27-19-25(17-24(27,2)18-26,21-9-5-3-6-10-21)22-11-7-4-8-12-22/h3-16H,17-19H2,1-2H3/t24-/m0/s1. The second kappa shape index (κ2) is 8.09. The van der Waals surface area contributed by atoms with E-state index in [9.17, 15) is 8.42 Å². The summed E-state index contributed by atoms with van der Waals surface area (Å²) in [4.78, 5) is 0.362. The summed E-state index contributed by atoms with van der Waals surface area (Å²) in [6.07, 6.45) is 0.738. The van der Waals surface area contributed by atoms with E-state index in [1.54, 1.807) is 16.4 Å². The molecule has 1 fully saturated rings. The van der Waals surface area contributed by atoms with Crippen LogP contribution in [0.5, 0.6) is 0 Å². The van der Waals surface area contributed by atoms with Crippen molar-refractivity contribution in [3.63, 3.8) is 0 Å². The maximum absolute atomic E-state index is 13.8. The number of aryl methyl sites for hydroxylation is 1. The molecule has 1 aliphatic heterocycles. The molecule has 3 aromatic rings. The molecule has 3 nitrogen and oxygen atoms in total. The number of hydrogen-bond donors (Lipinski definition) is 0. The molecule has 1 heterocycles. The van der Waals surface area contributed by atoms with Gasteiger partial charge in [0, 0.05) is 21.9 Å². The van der Waals surface area contributed by atoms with Gasteiger partial charge in [-0.3, -0.25) is 0 Å². The normalized spacial score (nSPS) is 21.6. The number of hydrogen-bond acceptors (Lipinski definition) is 2. The van der Waals surface area contributed by atoms with Crippen LogP contribution in [0, 0.1) is 6.92 Å². The van der Waals surface area contributed by atoms with Crippen LogP contribution in [-0.4, -0.2) is 29.2 Å². The lowest BCUT2D eigenvalue weighted by Crippen LogP contribution is -2.46. The Labute approximate surface area is 193 Å². The van der Waals surface area contributed by atoms with Gasteiger partial charge in [-0.25, -0.2) is 8.42 Å². The van der Waals surface area contributed by atoms with Gasteiger partial charge in [0.2, 0.25) is 10.0 Å². The maximum atomic E-state index is 13.8. The highest BCUT2D eigenvalue weighted by Crippen LogP contribution is 2.50. The topological polar surface area (TPSA) is 37.4 Å². The Morgan fingerprint density at radius 2 is 1.37 bits per heavy atom. The number of benzene rings is 3. The Hall–Kier alpha value is -1.70. The number of halogens is 1. The van der Waals surface area contributed by atoms with Gasteiger partial charge in [-0.2, -0.15) is 4.31 Å². The van der Waals surface area contributed by atoms with Crippen LogP contribution in [0.25, 0.3) is 0 Å². The molecule has 1 atom stereocenters. The molecule has 0 N–H and O–H groups in total. The number of nitrogens with zero attached hydrogens (tertiary/aromatic N) is 1. The van der Waals surface area contributed by atoms with Crippen molar-refractivity contribution in [3.05, 3.63) is 102 Å². The summed E-state index contributed by atoms with van der Waals surface area (Å²) < 4.78 is 30.1. The van der Waals surface area contributed by atoms with Gasteiger partial charge in [0.25, 0.3) is 0 Å². The van der Waals surface area contributed by atoms with Gasteiger partial charge in [0.05, 0.1) is 4.90 Å². The minimum atomic E-state index is -3.63. The summed E-state index contributed by atoms with van der Waals surface area (Å²) in [7, 11) is -3.63. The highest BCUT2D eigenvalue weighted by atomic mass is 127. The third kappa shape index (κ3) is 3.61. The van der Waals surface area contributed by atoms with Crippen molar-refractivity contribution in [1.82, 2.24) is 4.31 Å². The van der Waals surface area contributed by atoms with E-state index in [-0.39, 0.29) is 5.41 Å². The van der Waals surface area contributed by atoms with Crippen LogP contribution in [0.4, 0.5) is 0 Å². The minimum Gasteiger partial charge on any atom is -0.207 e. The molecule has 0 unspecified atom stereocenters. The van der Waals surface area contributed by atoms with Gasteiger partial charge in [0.1, 0.15) is 0 Å². The Kier molecular flexibility index (Phi) is 5.81. The van der Waals surface area contributed by atoms with E-state index < -0.39 is 15.6 Å². The van der Waals surface area contributed by atoms with Gasteiger partial charge >= 0.3 is 0 Å². The third-order valence-corrected chi connectivity index (χ3v) is 9.91. The van der Waals surface area contributed by atoms with E-state index in [1.165, 1.54) is 0 Å². The lowest BCUT2D eigenvalue weighted by molar-refractivity contribution is 0.302. The van der Waals surface area contributed by atoms with Crippen molar-refractivity contribution in [2.45, 2.75) is 36.1 Å². The molecule has 0 amide bonds. The average molecular weight is 531 g/mol. The van der Waals surface area contributed by atoms with E-state index in [1.807, 2.05) is 55.5 Å². The lowest BCUT2D eigenvalue weighted by atomic mass is 9.71. The first-order valence-corrected chi connectivity index (χ1v) is 13.0. The molecule has 1 saturated heterocycles. The molecular formula is C25H26INO2S. The zero-order valence-electron chi connectivity index (χ0n) is 17.3. The maximum Gasteiger partial charge on any atom is 0.243 e. The van der Waals surface area contributed by atoms with Crippen LogP contribution in [0.3, 0.4) is 0 Å². The smallest absolute Gasteiger partial charge is 0.207 e. The number of alkyl halides is 1. The molecule has 0 bridgehead atoms. The van der Waals surface area contributed by atoms with Crippen LogP contribution in [-0.2, 0) is 15.4 Å². The van der Waals surface area contributed by atoms with Gasteiger partial charge in [-0.1, -0.05) is 101 Å². The monoisotopic (exact) mass is 531 g/mol. The van der Waals surface area contributed by atoms with Crippen molar-refractivity contribution in [2.75, 3.05) is 11.0 Å². The highest BCUT2D eigenvalue weighted by Gasteiger charge is 2.56. The molecule has 0 radical (unpaired) electrons. The number of rotatable bonds is 5. The first-order chi connectivity index (χ1) is 14.3. The van der Waals surface area contributed by atoms with Gasteiger partial charge in [-0.05, 0) is 43.5 Å². The third-order valence-electron chi connectivity index (χ3n) is 6.25. The molecule has 0 spiro atoms. The second-order valence-corrected chi connectivity index (χ2v) is 11.1. The largest absolute Gasteiger partial charge is 0.243 e. The molecule has 0 aromatic heterocycles. The summed E-state index contributed by atoms with van der Waals surface area (Å²) >= 11 is 2.34. The Bertz CT molecular complexity index is 1080. The van der Waals surface area contributed by atoms with Crippen LogP contribution < -0.4 is 0 Å². The zero-order chi connectivity index (χ0) is 21.4. The predicted molar refractivity (Wildman–Crippen MR) is 131 cm³/mol. The second-order valence-electron chi connectivity index (χ2n) is 8.45. The van der Waals surface area contributed by atoms with Crippen LogP contribution in [0.1, 0.15) is 30.0 Å². The molecule has 4 rings (SSSR count). The quantitative estimate of drug-likeness (QED) is 0.319. The number of sulfonamides is 1. The Morgan fingerprint density at radius 3 is 1.83 bits per heavy atom. The van der Waals surface area contributed by atoms with E-state index >= 15 is 0 Å². The average Bonchev–Trinajstić information content (AvgIpc) is 3.11. The van der Waals surface area contributed by atoms with Gasteiger partial charge in [-0.15, -0.1) is 0 Å². The van der Waals surface area contributed by atoms with Gasteiger partial charge in [0.15, 0.2) is 0 Å². The molecule has 0 saturated carbocycles. The SMILES string of the molecule is Cc1ccc(S(=O)(=O)N2CC(c3ccccc3)(c3ccccc3)C[C@@]2(C)CI)cc1. The van der Waals surface area contributed by atoms with Crippen LogP contribution >= 0.6 is 22.6 Å². The lowest BCUT2D eigenvalue weighted by Gasteiger charge is -2.32. The minimum absolute atomic E-state index is 0.362. The Morgan fingerprint density at radius 1 is 0.867 bits per heavy atom. The Balaban J connectivity index is 1.89. The highest BCUT2D eigenvalue weighted by molar-refractivity contribution is 14.1. The summed E-state index contributed by atoms with van der Waals surface area (Å²) in [5.74, 6) is 0. The zero-order valence-corrected chi connectivity index (χ0v) is 20.2. The van der Waals surface area contributed by atoms with E-state index in [4.69, 9.17) is 0 Å². The van der Waals surface area contributed by atoms with Crippen molar-refractivity contribution in [3.8, 4) is 0 Å². The summed E-state index contributed by atoms with van der Waals surface area (Å²) in [5.41, 5.74) is 2.49. The molecule has 5 heteroatoms. The molecule has 0 aliphatic carbocycles. The van der Waals surface area contributed by atoms with Gasteiger partial charge < -0.3 is 0 Å². The van der Waals surface area contributed by atoms with E-state index in [2.05, 4.69) is 53.8 Å². The predicted octanol–water partition coefficient (Wildman–Crippen LogP) is 5.57.